The molecule has 7 heteroatoms. The van der Waals surface area contributed by atoms with Crippen LogP contribution in [0.4, 0.5) is 0 Å². The number of hydrogen-bond acceptors (Lipinski definition) is 6. The molecule has 1 aromatic heterocycles. The van der Waals surface area contributed by atoms with Crippen molar-refractivity contribution in [1.82, 2.24) is 5.32 Å². The van der Waals surface area contributed by atoms with Crippen molar-refractivity contribution in [2.75, 3.05) is 13.2 Å². The normalized spacial score (nSPS) is 10.7. The van der Waals surface area contributed by atoms with Gasteiger partial charge < -0.3 is 24.4 Å². The summed E-state index contributed by atoms with van der Waals surface area (Å²) in [6.07, 6.45) is 3.00. The highest BCUT2D eigenvalue weighted by molar-refractivity contribution is 5.82. The lowest BCUT2D eigenvalue weighted by Crippen LogP contribution is -2.31. The average Bonchev–Trinajstić information content (AvgIpc) is 2.60. The Morgan fingerprint density at radius 3 is 2.77 bits per heavy atom. The van der Waals surface area contributed by atoms with Gasteiger partial charge in [0.05, 0.1) is 0 Å². The molecule has 26 heavy (non-hydrogen) atoms. The molecule has 2 aromatic rings. The number of carbonyl (C=O) groups excluding carboxylic acids is 2. The molecule has 1 amide bonds. The Balaban J connectivity index is 1.97. The maximum Gasteiger partial charge on any atom is 0.336 e. The van der Waals surface area contributed by atoms with E-state index >= 15 is 0 Å². The number of benzene rings is 1. The van der Waals surface area contributed by atoms with E-state index in [1.54, 1.807) is 12.1 Å². The number of aryl methyl sites for hydroxylation is 1. The van der Waals surface area contributed by atoms with Crippen LogP contribution in [0.3, 0.4) is 0 Å². The molecule has 1 heterocycles. The van der Waals surface area contributed by atoms with Gasteiger partial charge in [0.2, 0.25) is 0 Å². The first-order chi connectivity index (χ1) is 12.5. The Morgan fingerprint density at radius 1 is 1.23 bits per heavy atom. The number of unbranched alkanes of at least 4 members (excludes halogenated alkanes) is 1. The second kappa shape index (κ2) is 9.60. The molecule has 0 unspecified atom stereocenters. The number of ether oxygens (including phenoxy) is 1. The maximum atomic E-state index is 11.7. The number of aliphatic carboxylic acids is 1. The minimum atomic E-state index is -1.15. The molecule has 1 aromatic carbocycles. The van der Waals surface area contributed by atoms with Crippen molar-refractivity contribution in [3.8, 4) is 5.75 Å². The zero-order chi connectivity index (χ0) is 18.9. The number of carboxylic acids is 1. The molecular weight excluding hydrogens is 338 g/mol. The van der Waals surface area contributed by atoms with Gasteiger partial charge in [-0.3, -0.25) is 4.79 Å². The second-order valence-corrected chi connectivity index (χ2v) is 5.97. The van der Waals surface area contributed by atoms with E-state index in [1.807, 2.05) is 6.07 Å². The van der Waals surface area contributed by atoms with E-state index in [1.165, 1.54) is 6.07 Å². The monoisotopic (exact) mass is 360 g/mol. The van der Waals surface area contributed by atoms with Gasteiger partial charge in [-0.25, -0.2) is 4.79 Å². The number of hydrogen-bond donors (Lipinski definition) is 1. The standard InChI is InChI=1S/C19H23NO6/c1-2-3-5-13-10-19(24)26-16-11-14(7-8-15(13)16)25-12-17(21)20-9-4-6-18(22)23/h7-8,10-11H,2-6,9,12H2,1H3,(H,20,21)(H,22,23)/p-1. The topological polar surface area (TPSA) is 109 Å². The summed E-state index contributed by atoms with van der Waals surface area (Å²) in [5, 5.41) is 13.7. The molecule has 0 radical (unpaired) electrons. The predicted octanol–water partition coefficient (Wildman–Crippen LogP) is 1.16. The summed E-state index contributed by atoms with van der Waals surface area (Å²) in [5.41, 5.74) is 0.956. The van der Waals surface area contributed by atoms with Gasteiger partial charge in [0, 0.05) is 30.0 Å². The van der Waals surface area contributed by atoms with Crippen LogP contribution in [0.1, 0.15) is 38.2 Å². The Hall–Kier alpha value is -2.83. The third-order valence-electron chi connectivity index (χ3n) is 3.85. The van der Waals surface area contributed by atoms with Crippen LogP contribution in [-0.4, -0.2) is 25.0 Å². The maximum absolute atomic E-state index is 11.7. The fourth-order valence-electron chi connectivity index (χ4n) is 2.53. The summed E-state index contributed by atoms with van der Waals surface area (Å²) >= 11 is 0. The van der Waals surface area contributed by atoms with E-state index in [0.717, 1.165) is 30.2 Å². The van der Waals surface area contributed by atoms with Crippen LogP contribution in [0.25, 0.3) is 11.0 Å². The van der Waals surface area contributed by atoms with E-state index < -0.39 is 11.6 Å². The van der Waals surface area contributed by atoms with Gasteiger partial charge in [0.1, 0.15) is 11.3 Å². The third kappa shape index (κ3) is 5.91. The lowest BCUT2D eigenvalue weighted by molar-refractivity contribution is -0.305. The largest absolute Gasteiger partial charge is 0.550 e. The summed E-state index contributed by atoms with van der Waals surface area (Å²) in [6.45, 7) is 2.11. The first kappa shape index (κ1) is 19.5. The predicted molar refractivity (Wildman–Crippen MR) is 93.8 cm³/mol. The van der Waals surface area contributed by atoms with E-state index in [0.29, 0.717) is 17.8 Å². The molecule has 0 atom stereocenters. The van der Waals surface area contributed by atoms with Crippen LogP contribution in [0.2, 0.25) is 0 Å². The summed E-state index contributed by atoms with van der Waals surface area (Å²) in [7, 11) is 0. The lowest BCUT2D eigenvalue weighted by atomic mass is 10.0. The highest BCUT2D eigenvalue weighted by Crippen LogP contribution is 2.23. The molecule has 2 rings (SSSR count). The van der Waals surface area contributed by atoms with Crippen LogP contribution < -0.4 is 20.8 Å². The molecule has 140 valence electrons. The quantitative estimate of drug-likeness (QED) is 0.503. The Labute approximate surface area is 151 Å². The molecule has 7 nitrogen and oxygen atoms in total. The molecule has 0 saturated heterocycles. The van der Waals surface area contributed by atoms with Crippen molar-refractivity contribution >= 4 is 22.8 Å². The van der Waals surface area contributed by atoms with Gasteiger partial charge in [0.15, 0.2) is 6.61 Å². The Bertz CT molecular complexity index is 826. The van der Waals surface area contributed by atoms with E-state index in [-0.39, 0.29) is 25.5 Å². The number of fused-ring (bicyclic) bond motifs is 1. The van der Waals surface area contributed by atoms with Crippen molar-refractivity contribution in [1.29, 1.82) is 0 Å². The van der Waals surface area contributed by atoms with Crippen LogP contribution >= 0.6 is 0 Å². The SMILES string of the molecule is CCCCc1cc(=O)oc2cc(OCC(=O)NCCCC(=O)[O-])ccc12. The molecule has 1 N–H and O–H groups in total. The fraction of sp³-hybridized carbons (Fsp3) is 0.421. The zero-order valence-corrected chi connectivity index (χ0v) is 14.7. The van der Waals surface area contributed by atoms with Crippen LogP contribution in [0.5, 0.6) is 5.75 Å². The minimum Gasteiger partial charge on any atom is -0.550 e. The van der Waals surface area contributed by atoms with E-state index in [2.05, 4.69) is 12.2 Å². The van der Waals surface area contributed by atoms with Gasteiger partial charge in [-0.15, -0.1) is 0 Å². The summed E-state index contributed by atoms with van der Waals surface area (Å²) in [5.74, 6) is -1.09. The number of carbonyl (C=O) groups is 2. The molecule has 0 aliphatic carbocycles. The molecule has 0 bridgehead atoms. The molecule has 0 spiro atoms. The van der Waals surface area contributed by atoms with Gasteiger partial charge in [-0.1, -0.05) is 13.3 Å². The van der Waals surface area contributed by atoms with Crippen molar-refractivity contribution in [3.05, 3.63) is 40.2 Å². The first-order valence-corrected chi connectivity index (χ1v) is 8.65. The van der Waals surface area contributed by atoms with Gasteiger partial charge in [-0.05, 0) is 43.4 Å². The lowest BCUT2D eigenvalue weighted by Gasteiger charge is -2.09. The van der Waals surface area contributed by atoms with Gasteiger partial charge >= 0.3 is 5.63 Å². The van der Waals surface area contributed by atoms with Gasteiger partial charge in [0.25, 0.3) is 5.91 Å². The Kier molecular flexibility index (Phi) is 7.20. The average molecular weight is 360 g/mol. The van der Waals surface area contributed by atoms with Crippen molar-refractivity contribution in [2.45, 2.75) is 39.0 Å². The summed E-state index contributed by atoms with van der Waals surface area (Å²) in [4.78, 5) is 33.7. The van der Waals surface area contributed by atoms with E-state index in [4.69, 9.17) is 9.15 Å². The van der Waals surface area contributed by atoms with Crippen molar-refractivity contribution in [3.63, 3.8) is 0 Å². The number of rotatable bonds is 10. The zero-order valence-electron chi connectivity index (χ0n) is 14.7. The second-order valence-electron chi connectivity index (χ2n) is 5.97. The highest BCUT2D eigenvalue weighted by Gasteiger charge is 2.08. The number of nitrogens with one attached hydrogen (secondary N) is 1. The van der Waals surface area contributed by atoms with Crippen molar-refractivity contribution in [2.24, 2.45) is 0 Å². The molecule has 0 aliphatic rings. The molecule has 0 aliphatic heterocycles. The third-order valence-corrected chi connectivity index (χ3v) is 3.85. The number of carboxylic acid groups (broad SMARTS) is 1. The van der Waals surface area contributed by atoms with E-state index in [9.17, 15) is 19.5 Å². The van der Waals surface area contributed by atoms with Crippen LogP contribution in [0.15, 0.2) is 33.5 Å². The Morgan fingerprint density at radius 2 is 2.04 bits per heavy atom. The van der Waals surface area contributed by atoms with Crippen molar-refractivity contribution < 1.29 is 23.8 Å². The first-order valence-electron chi connectivity index (χ1n) is 8.65. The fourth-order valence-corrected chi connectivity index (χ4v) is 2.53. The van der Waals surface area contributed by atoms with Crippen LogP contribution in [0, 0.1) is 0 Å². The summed E-state index contributed by atoms with van der Waals surface area (Å²) in [6, 6.07) is 6.64. The smallest absolute Gasteiger partial charge is 0.336 e. The van der Waals surface area contributed by atoms with Crippen LogP contribution in [-0.2, 0) is 16.0 Å². The minimum absolute atomic E-state index is 0.106. The summed E-state index contributed by atoms with van der Waals surface area (Å²) < 4.78 is 10.6. The molecular formula is C19H22NO6-. The number of amides is 1. The molecule has 0 saturated carbocycles. The van der Waals surface area contributed by atoms with Gasteiger partial charge in [-0.2, -0.15) is 0 Å². The molecule has 0 fully saturated rings. The highest BCUT2D eigenvalue weighted by atomic mass is 16.5.